The number of hydrogen-bond acceptors (Lipinski definition) is 6. The van der Waals surface area contributed by atoms with Gasteiger partial charge in [-0.05, 0) is 31.2 Å². The highest BCUT2D eigenvalue weighted by Gasteiger charge is 2.08. The number of hydrogen-bond donors (Lipinski definition) is 1. The fourth-order valence-corrected chi connectivity index (χ4v) is 4.04. The molecule has 0 fully saturated rings. The molecule has 0 aliphatic rings. The van der Waals surface area contributed by atoms with Gasteiger partial charge in [0.25, 0.3) is 5.91 Å². The van der Waals surface area contributed by atoms with Gasteiger partial charge in [-0.2, -0.15) is 0 Å². The van der Waals surface area contributed by atoms with Gasteiger partial charge < -0.3 is 24.3 Å². The van der Waals surface area contributed by atoms with Gasteiger partial charge in [0.1, 0.15) is 0 Å². The van der Waals surface area contributed by atoms with Gasteiger partial charge in [0.15, 0.2) is 0 Å². The minimum atomic E-state index is 0.0713. The van der Waals surface area contributed by atoms with Crippen LogP contribution >= 0.6 is 11.3 Å². The highest BCUT2D eigenvalue weighted by molar-refractivity contribution is 7.10. The lowest BCUT2D eigenvalue weighted by atomic mass is 10.1. The van der Waals surface area contributed by atoms with Crippen molar-refractivity contribution in [3.8, 4) is 0 Å². The molecule has 1 aromatic heterocycles. The van der Waals surface area contributed by atoms with Gasteiger partial charge in [0.05, 0.1) is 45.2 Å². The molecular weight excluding hydrogens is 426 g/mol. The molecule has 1 aromatic rings. The number of nitrogens with one attached hydrogen (secondary N) is 1. The first kappa shape index (κ1) is 29.0. The maximum absolute atomic E-state index is 12.0. The standard InChI is InChI=1S/C25H45NO5S/c1-23-24(13-22-32-23)25(27)26-14-11-9-7-5-3-4-6-8-10-12-15-29-18-19-31-21-20-30-17-16-28-2/h13,22H,3-12,14-21H2,1-2H3,(H,26,27). The van der Waals surface area contributed by atoms with Crippen molar-refractivity contribution in [2.24, 2.45) is 0 Å². The Morgan fingerprint density at radius 1 is 0.750 bits per heavy atom. The quantitative estimate of drug-likeness (QED) is 0.217. The summed E-state index contributed by atoms with van der Waals surface area (Å²) in [6.07, 6.45) is 12.5. The average Bonchev–Trinajstić information content (AvgIpc) is 3.23. The Hall–Kier alpha value is -0.990. The van der Waals surface area contributed by atoms with Crippen molar-refractivity contribution >= 4 is 17.2 Å². The van der Waals surface area contributed by atoms with Crippen LogP contribution in [0.25, 0.3) is 0 Å². The van der Waals surface area contributed by atoms with Gasteiger partial charge in [-0.1, -0.05) is 51.4 Å². The fourth-order valence-electron chi connectivity index (χ4n) is 3.35. The van der Waals surface area contributed by atoms with Gasteiger partial charge in [-0.3, -0.25) is 4.79 Å². The summed E-state index contributed by atoms with van der Waals surface area (Å²) in [4.78, 5) is 13.1. The van der Waals surface area contributed by atoms with Gasteiger partial charge in [0.2, 0.25) is 0 Å². The molecule has 6 nitrogen and oxygen atoms in total. The van der Waals surface area contributed by atoms with Crippen molar-refractivity contribution in [1.29, 1.82) is 0 Å². The first-order valence-corrected chi connectivity index (χ1v) is 13.2. The van der Waals surface area contributed by atoms with E-state index in [0.29, 0.717) is 39.6 Å². The molecule has 0 aliphatic heterocycles. The number of aryl methyl sites for hydroxylation is 1. The zero-order chi connectivity index (χ0) is 23.1. The Bertz CT molecular complexity index is 552. The number of thiophene rings is 1. The van der Waals surface area contributed by atoms with Gasteiger partial charge in [-0.25, -0.2) is 0 Å². The van der Waals surface area contributed by atoms with Crippen LogP contribution in [0, 0.1) is 6.92 Å². The van der Waals surface area contributed by atoms with Crippen molar-refractivity contribution in [3.63, 3.8) is 0 Å². The van der Waals surface area contributed by atoms with E-state index in [9.17, 15) is 4.79 Å². The summed E-state index contributed by atoms with van der Waals surface area (Å²) in [6, 6.07) is 1.91. The smallest absolute Gasteiger partial charge is 0.252 e. The van der Waals surface area contributed by atoms with Crippen LogP contribution < -0.4 is 5.32 Å². The normalized spacial score (nSPS) is 11.2. The molecule has 1 amide bonds. The zero-order valence-corrected chi connectivity index (χ0v) is 21.1. The summed E-state index contributed by atoms with van der Waals surface area (Å²) in [5, 5.41) is 5.00. The Morgan fingerprint density at radius 2 is 1.25 bits per heavy atom. The second-order valence-corrected chi connectivity index (χ2v) is 9.13. The topological polar surface area (TPSA) is 66.0 Å². The molecule has 186 valence electrons. The fraction of sp³-hybridized carbons (Fsp3) is 0.800. The molecule has 0 saturated carbocycles. The lowest BCUT2D eigenvalue weighted by molar-refractivity contribution is 0.00323. The first-order valence-electron chi connectivity index (χ1n) is 12.3. The minimum Gasteiger partial charge on any atom is -0.382 e. The van der Waals surface area contributed by atoms with E-state index in [1.54, 1.807) is 18.4 Å². The van der Waals surface area contributed by atoms with Crippen LogP contribution in [0.5, 0.6) is 0 Å². The van der Waals surface area contributed by atoms with Crippen LogP contribution in [-0.2, 0) is 18.9 Å². The molecule has 1 heterocycles. The molecule has 0 bridgehead atoms. The molecule has 0 spiro atoms. The molecule has 0 radical (unpaired) electrons. The van der Waals surface area contributed by atoms with Crippen LogP contribution in [0.1, 0.15) is 79.4 Å². The minimum absolute atomic E-state index is 0.0713. The van der Waals surface area contributed by atoms with Gasteiger partial charge >= 0.3 is 0 Å². The highest BCUT2D eigenvalue weighted by atomic mass is 32.1. The van der Waals surface area contributed by atoms with Gasteiger partial charge in [-0.15, -0.1) is 11.3 Å². The Kier molecular flexibility index (Phi) is 19.8. The molecule has 32 heavy (non-hydrogen) atoms. The molecule has 0 aromatic carbocycles. The van der Waals surface area contributed by atoms with Crippen molar-refractivity contribution < 1.29 is 23.7 Å². The number of carbonyl (C=O) groups is 1. The lowest BCUT2D eigenvalue weighted by Crippen LogP contribution is -2.24. The van der Waals surface area contributed by atoms with Crippen molar-refractivity contribution in [1.82, 2.24) is 5.32 Å². The van der Waals surface area contributed by atoms with Gasteiger partial charge in [0, 0.05) is 25.1 Å². The van der Waals surface area contributed by atoms with Crippen LogP contribution in [0.3, 0.4) is 0 Å². The maximum atomic E-state index is 12.0. The third-order valence-corrected chi connectivity index (χ3v) is 6.13. The second-order valence-electron chi connectivity index (χ2n) is 8.01. The lowest BCUT2D eigenvalue weighted by Gasteiger charge is -2.07. The van der Waals surface area contributed by atoms with Crippen LogP contribution in [-0.4, -0.2) is 65.8 Å². The number of carbonyl (C=O) groups excluding carboxylic acids is 1. The third-order valence-electron chi connectivity index (χ3n) is 5.28. The molecular formula is C25H45NO5S. The predicted octanol–water partition coefficient (Wildman–Crippen LogP) is 5.38. The molecule has 0 saturated heterocycles. The van der Waals surface area contributed by atoms with Crippen LogP contribution in [0.15, 0.2) is 11.4 Å². The summed E-state index contributed by atoms with van der Waals surface area (Å²) < 4.78 is 21.3. The molecule has 1 N–H and O–H groups in total. The molecule has 0 atom stereocenters. The number of rotatable bonds is 23. The van der Waals surface area contributed by atoms with E-state index in [2.05, 4.69) is 5.32 Å². The van der Waals surface area contributed by atoms with Crippen LogP contribution in [0.2, 0.25) is 0 Å². The van der Waals surface area contributed by atoms with E-state index >= 15 is 0 Å². The summed E-state index contributed by atoms with van der Waals surface area (Å²) in [7, 11) is 1.67. The first-order chi connectivity index (χ1) is 15.8. The molecule has 0 aliphatic carbocycles. The maximum Gasteiger partial charge on any atom is 0.252 e. The summed E-state index contributed by atoms with van der Waals surface area (Å²) >= 11 is 1.62. The number of amides is 1. The Labute approximate surface area is 199 Å². The largest absolute Gasteiger partial charge is 0.382 e. The highest BCUT2D eigenvalue weighted by Crippen LogP contribution is 2.15. The van der Waals surface area contributed by atoms with Crippen molar-refractivity contribution in [2.45, 2.75) is 71.1 Å². The summed E-state index contributed by atoms with van der Waals surface area (Å²) in [6.45, 7) is 7.37. The van der Waals surface area contributed by atoms with E-state index in [1.165, 1.54) is 51.4 Å². The second kappa shape index (κ2) is 21.8. The Balaban J connectivity index is 1.70. The molecule has 0 unspecified atom stereocenters. The summed E-state index contributed by atoms with van der Waals surface area (Å²) in [5.41, 5.74) is 0.825. The zero-order valence-electron chi connectivity index (χ0n) is 20.3. The monoisotopic (exact) mass is 471 g/mol. The van der Waals surface area contributed by atoms with E-state index in [4.69, 9.17) is 18.9 Å². The van der Waals surface area contributed by atoms with E-state index in [1.807, 2.05) is 18.4 Å². The van der Waals surface area contributed by atoms with E-state index in [-0.39, 0.29) is 5.91 Å². The number of ether oxygens (including phenoxy) is 4. The number of methoxy groups -OCH3 is 1. The molecule has 7 heteroatoms. The van der Waals surface area contributed by atoms with Crippen LogP contribution in [0.4, 0.5) is 0 Å². The number of unbranched alkanes of at least 4 members (excludes halogenated alkanes) is 9. The van der Waals surface area contributed by atoms with E-state index in [0.717, 1.165) is 36.4 Å². The summed E-state index contributed by atoms with van der Waals surface area (Å²) in [5.74, 6) is 0.0713. The third kappa shape index (κ3) is 16.6. The van der Waals surface area contributed by atoms with Crippen molar-refractivity contribution in [2.75, 3.05) is 59.9 Å². The Morgan fingerprint density at radius 3 is 1.78 bits per heavy atom. The van der Waals surface area contributed by atoms with Crippen molar-refractivity contribution in [3.05, 3.63) is 21.9 Å². The predicted molar refractivity (Wildman–Crippen MR) is 132 cm³/mol. The average molecular weight is 472 g/mol. The van der Waals surface area contributed by atoms with E-state index < -0.39 is 0 Å². The molecule has 1 rings (SSSR count). The SMILES string of the molecule is COCCOCCOCCOCCCCCCCCCCCCNC(=O)c1ccsc1C.